The van der Waals surface area contributed by atoms with Crippen molar-refractivity contribution in [2.24, 2.45) is 0 Å². The van der Waals surface area contributed by atoms with Crippen LogP contribution in [0.15, 0.2) is 31.0 Å². The largest absolute Gasteiger partial charge is 0.314 e. The lowest BCUT2D eigenvalue weighted by molar-refractivity contribution is 0.203. The van der Waals surface area contributed by atoms with Crippen molar-refractivity contribution in [3.63, 3.8) is 0 Å². The predicted octanol–water partition coefficient (Wildman–Crippen LogP) is 1.87. The van der Waals surface area contributed by atoms with Crippen LogP contribution in [-0.4, -0.2) is 36.1 Å². The van der Waals surface area contributed by atoms with Gasteiger partial charge in [0, 0.05) is 37.9 Å². The summed E-state index contributed by atoms with van der Waals surface area (Å²) >= 11 is 6.12. The molecule has 3 nitrogen and oxygen atoms in total. The van der Waals surface area contributed by atoms with Gasteiger partial charge in [-0.2, -0.15) is 0 Å². The van der Waals surface area contributed by atoms with Crippen molar-refractivity contribution in [1.29, 1.82) is 0 Å². The third kappa shape index (κ3) is 2.43. The summed E-state index contributed by atoms with van der Waals surface area (Å²) in [5.41, 5.74) is 1.04. The molecule has 0 bridgehead atoms. The Morgan fingerprint density at radius 1 is 1.50 bits per heavy atom. The van der Waals surface area contributed by atoms with Crippen LogP contribution in [0.4, 0.5) is 0 Å². The Morgan fingerprint density at radius 3 is 2.88 bits per heavy atom. The van der Waals surface area contributed by atoms with Crippen molar-refractivity contribution in [2.75, 3.05) is 26.2 Å². The van der Waals surface area contributed by atoms with Gasteiger partial charge in [0.25, 0.3) is 0 Å². The van der Waals surface area contributed by atoms with Crippen LogP contribution in [0.2, 0.25) is 5.15 Å². The highest BCUT2D eigenvalue weighted by atomic mass is 35.5. The van der Waals surface area contributed by atoms with Gasteiger partial charge in [0.05, 0.1) is 6.04 Å². The zero-order valence-corrected chi connectivity index (χ0v) is 9.95. The summed E-state index contributed by atoms with van der Waals surface area (Å²) in [5.74, 6) is 0. The first kappa shape index (κ1) is 11.6. The molecule has 16 heavy (non-hydrogen) atoms. The summed E-state index contributed by atoms with van der Waals surface area (Å²) in [7, 11) is 0. The third-order valence-electron chi connectivity index (χ3n) is 2.87. The highest BCUT2D eigenvalue weighted by Crippen LogP contribution is 2.26. The number of halogens is 1. The topological polar surface area (TPSA) is 28.2 Å². The number of rotatable bonds is 3. The fourth-order valence-corrected chi connectivity index (χ4v) is 2.28. The van der Waals surface area contributed by atoms with Crippen LogP contribution >= 0.6 is 11.6 Å². The van der Waals surface area contributed by atoms with E-state index in [4.69, 9.17) is 11.6 Å². The van der Waals surface area contributed by atoms with Crippen LogP contribution < -0.4 is 5.32 Å². The van der Waals surface area contributed by atoms with E-state index in [0.29, 0.717) is 5.15 Å². The number of nitrogens with zero attached hydrogens (tertiary/aromatic N) is 2. The van der Waals surface area contributed by atoms with Gasteiger partial charge in [0.15, 0.2) is 0 Å². The quantitative estimate of drug-likeness (QED) is 0.643. The molecule has 4 heteroatoms. The Labute approximate surface area is 101 Å². The predicted molar refractivity (Wildman–Crippen MR) is 66.6 cm³/mol. The zero-order valence-electron chi connectivity index (χ0n) is 9.19. The molecule has 2 rings (SSSR count). The molecule has 1 atom stereocenters. The van der Waals surface area contributed by atoms with E-state index < -0.39 is 0 Å². The molecular formula is C12H16ClN3. The van der Waals surface area contributed by atoms with Crippen LogP contribution in [0, 0.1) is 0 Å². The smallest absolute Gasteiger partial charge is 0.134 e. The second kappa shape index (κ2) is 5.43. The van der Waals surface area contributed by atoms with Crippen LogP contribution in [0.1, 0.15) is 11.6 Å². The summed E-state index contributed by atoms with van der Waals surface area (Å²) in [5, 5.41) is 3.91. The monoisotopic (exact) mass is 237 g/mol. The molecule has 1 aromatic heterocycles. The first-order chi connectivity index (χ1) is 7.83. The van der Waals surface area contributed by atoms with E-state index in [2.05, 4.69) is 21.8 Å². The second-order valence-electron chi connectivity index (χ2n) is 3.85. The molecule has 1 N–H and O–H groups in total. The van der Waals surface area contributed by atoms with Crippen molar-refractivity contribution in [3.8, 4) is 0 Å². The molecule has 1 aliphatic heterocycles. The van der Waals surface area contributed by atoms with E-state index >= 15 is 0 Å². The summed E-state index contributed by atoms with van der Waals surface area (Å²) in [6.45, 7) is 7.97. The van der Waals surface area contributed by atoms with Gasteiger partial charge in [0.2, 0.25) is 0 Å². The maximum absolute atomic E-state index is 6.12. The number of hydrogen-bond acceptors (Lipinski definition) is 3. The normalized spacial score (nSPS) is 19.3. The molecule has 1 aliphatic rings. The zero-order chi connectivity index (χ0) is 11.4. The molecule has 1 aromatic rings. The van der Waals surface area contributed by atoms with Gasteiger partial charge in [-0.15, -0.1) is 6.58 Å². The molecule has 0 aromatic carbocycles. The van der Waals surface area contributed by atoms with Crippen LogP contribution in [0.25, 0.3) is 0 Å². The first-order valence-corrected chi connectivity index (χ1v) is 5.88. The maximum Gasteiger partial charge on any atom is 0.134 e. The first-order valence-electron chi connectivity index (χ1n) is 5.50. The van der Waals surface area contributed by atoms with Crippen molar-refractivity contribution in [3.05, 3.63) is 41.7 Å². The van der Waals surface area contributed by atoms with E-state index in [1.54, 1.807) is 6.20 Å². The molecule has 1 fully saturated rings. The van der Waals surface area contributed by atoms with E-state index in [9.17, 15) is 0 Å². The molecular weight excluding hydrogens is 222 g/mol. The molecule has 0 radical (unpaired) electrons. The Morgan fingerprint density at radius 2 is 2.25 bits per heavy atom. The highest BCUT2D eigenvalue weighted by molar-refractivity contribution is 6.30. The number of piperazine rings is 1. The van der Waals surface area contributed by atoms with Crippen molar-refractivity contribution in [1.82, 2.24) is 15.2 Å². The molecule has 86 valence electrons. The number of hydrogen-bond donors (Lipinski definition) is 1. The average Bonchev–Trinajstić information content (AvgIpc) is 2.34. The van der Waals surface area contributed by atoms with E-state index in [1.807, 2.05) is 18.2 Å². The fraction of sp³-hybridized carbons (Fsp3) is 0.417. The molecule has 0 unspecified atom stereocenters. The van der Waals surface area contributed by atoms with E-state index in [0.717, 1.165) is 31.7 Å². The van der Waals surface area contributed by atoms with Gasteiger partial charge in [0.1, 0.15) is 5.15 Å². The van der Waals surface area contributed by atoms with Crippen LogP contribution in [0.5, 0.6) is 0 Å². The molecule has 2 heterocycles. The Hall–Kier alpha value is -0.900. The van der Waals surface area contributed by atoms with Crippen molar-refractivity contribution in [2.45, 2.75) is 6.04 Å². The summed E-state index contributed by atoms with van der Waals surface area (Å²) in [6.07, 6.45) is 3.65. The number of nitrogens with one attached hydrogen (secondary N) is 1. The minimum atomic E-state index is 0.170. The minimum Gasteiger partial charge on any atom is -0.314 e. The van der Waals surface area contributed by atoms with E-state index in [-0.39, 0.29) is 6.04 Å². The van der Waals surface area contributed by atoms with Gasteiger partial charge in [-0.05, 0) is 6.07 Å². The molecule has 0 amide bonds. The summed E-state index contributed by atoms with van der Waals surface area (Å²) in [6, 6.07) is 4.10. The average molecular weight is 238 g/mol. The van der Waals surface area contributed by atoms with Crippen molar-refractivity contribution < 1.29 is 0 Å². The van der Waals surface area contributed by atoms with Gasteiger partial charge in [-0.3, -0.25) is 4.90 Å². The Bertz CT molecular complexity index is 361. The lowest BCUT2D eigenvalue weighted by atomic mass is 10.1. The molecule has 1 saturated heterocycles. The second-order valence-corrected chi connectivity index (χ2v) is 4.21. The fourth-order valence-electron chi connectivity index (χ4n) is 2.05. The lowest BCUT2D eigenvalue weighted by Gasteiger charge is -2.33. The molecule has 0 spiro atoms. The van der Waals surface area contributed by atoms with Crippen molar-refractivity contribution >= 4 is 11.6 Å². The van der Waals surface area contributed by atoms with Gasteiger partial charge < -0.3 is 5.32 Å². The van der Waals surface area contributed by atoms with Crippen LogP contribution in [-0.2, 0) is 0 Å². The summed E-state index contributed by atoms with van der Waals surface area (Å²) in [4.78, 5) is 6.49. The van der Waals surface area contributed by atoms with Gasteiger partial charge >= 0.3 is 0 Å². The third-order valence-corrected chi connectivity index (χ3v) is 3.19. The van der Waals surface area contributed by atoms with Crippen LogP contribution in [0.3, 0.4) is 0 Å². The lowest BCUT2D eigenvalue weighted by Crippen LogP contribution is -2.44. The molecule has 0 saturated carbocycles. The maximum atomic E-state index is 6.12. The standard InChI is InChI=1S/C12H16ClN3/c1-2-11(16-8-6-14-7-9-16)10-4-3-5-15-12(10)13/h2-5,11,14H,1,6-9H2/t11-/m0/s1. The van der Waals surface area contributed by atoms with Gasteiger partial charge in [-0.1, -0.05) is 23.7 Å². The SMILES string of the molecule is C=C[C@@H](c1cccnc1Cl)N1CCNCC1. The summed E-state index contributed by atoms with van der Waals surface area (Å²) < 4.78 is 0. The minimum absolute atomic E-state index is 0.170. The molecule has 0 aliphatic carbocycles. The highest BCUT2D eigenvalue weighted by Gasteiger charge is 2.21. The van der Waals surface area contributed by atoms with Gasteiger partial charge in [-0.25, -0.2) is 4.98 Å². The Kier molecular flexibility index (Phi) is 3.93. The Balaban J connectivity index is 2.21. The van der Waals surface area contributed by atoms with E-state index in [1.165, 1.54) is 0 Å². The number of pyridine rings is 1. The number of aromatic nitrogens is 1.